The molecule has 1 saturated carbocycles. The summed E-state index contributed by atoms with van der Waals surface area (Å²) < 4.78 is 2.19. The summed E-state index contributed by atoms with van der Waals surface area (Å²) in [6.07, 6.45) is 7.76. The summed E-state index contributed by atoms with van der Waals surface area (Å²) >= 11 is 1.46. The monoisotopic (exact) mass is 459 g/mol. The molecule has 3 aliphatic rings. The maximum absolute atomic E-state index is 12.9. The number of rotatable bonds is 3. The van der Waals surface area contributed by atoms with E-state index in [0.29, 0.717) is 11.1 Å². The number of hydrogen-bond donors (Lipinski definition) is 1. The normalized spacial score (nSPS) is 20.4. The van der Waals surface area contributed by atoms with Crippen LogP contribution in [-0.4, -0.2) is 31.5 Å². The van der Waals surface area contributed by atoms with Gasteiger partial charge >= 0.3 is 0 Å². The van der Waals surface area contributed by atoms with Crippen LogP contribution in [0.1, 0.15) is 60.2 Å². The van der Waals surface area contributed by atoms with Gasteiger partial charge in [0.05, 0.1) is 5.57 Å². The number of benzene rings is 1. The molecule has 1 fully saturated rings. The second kappa shape index (κ2) is 8.45. The Morgan fingerprint density at radius 1 is 1.06 bits per heavy atom. The number of nitrogens with zero attached hydrogens (tertiary/aromatic N) is 4. The van der Waals surface area contributed by atoms with Gasteiger partial charge in [-0.3, -0.25) is 10.2 Å². The molecule has 0 bridgehead atoms. The standard InChI is InChI=1S/C26H29N5OS/c1-15-10-11-21(12-16(15)2)30-17(3)13-20(18(30)4)14-22-23(27)31-26(28-24(22)32)33-25(29-31)19-8-6-5-7-9-19/h10-14,19,27H,5-9H2,1-4H3/b22-14+,27-23?. The molecular formula is C26H29N5OS. The lowest BCUT2D eigenvalue weighted by Crippen LogP contribution is -2.35. The number of aromatic nitrogens is 1. The minimum Gasteiger partial charge on any atom is -0.318 e. The highest BCUT2D eigenvalue weighted by Gasteiger charge is 2.38. The van der Waals surface area contributed by atoms with E-state index in [2.05, 4.69) is 54.6 Å². The molecule has 0 radical (unpaired) electrons. The van der Waals surface area contributed by atoms with Crippen molar-refractivity contribution in [1.29, 1.82) is 5.41 Å². The van der Waals surface area contributed by atoms with E-state index in [1.807, 2.05) is 6.92 Å². The third-order valence-corrected chi connectivity index (χ3v) is 8.01. The molecule has 1 amide bonds. The number of hydrogen-bond acceptors (Lipinski definition) is 4. The molecule has 0 unspecified atom stereocenters. The van der Waals surface area contributed by atoms with Crippen LogP contribution in [0.4, 0.5) is 0 Å². The Labute approximate surface area is 199 Å². The second-order valence-corrected chi connectivity index (χ2v) is 10.2. The molecule has 2 aliphatic heterocycles. The number of thioether (sulfide) groups is 1. The summed E-state index contributed by atoms with van der Waals surface area (Å²) in [4.78, 5) is 17.2. The number of nitrogens with one attached hydrogen (secondary N) is 1. The minimum atomic E-state index is -0.366. The highest BCUT2D eigenvalue weighted by atomic mass is 32.2. The smallest absolute Gasteiger partial charge is 0.283 e. The van der Waals surface area contributed by atoms with Crippen molar-refractivity contribution < 1.29 is 4.79 Å². The van der Waals surface area contributed by atoms with Gasteiger partial charge < -0.3 is 4.57 Å². The molecule has 1 aromatic carbocycles. The Morgan fingerprint density at radius 3 is 2.55 bits per heavy atom. The highest BCUT2D eigenvalue weighted by Crippen LogP contribution is 2.36. The molecular weight excluding hydrogens is 430 g/mol. The van der Waals surface area contributed by atoms with Gasteiger partial charge in [-0.15, -0.1) is 0 Å². The number of fused-ring (bicyclic) bond motifs is 1. The molecule has 5 rings (SSSR count). The van der Waals surface area contributed by atoms with Gasteiger partial charge in [-0.05, 0) is 93.3 Å². The van der Waals surface area contributed by atoms with Crippen LogP contribution < -0.4 is 0 Å². The Hall–Kier alpha value is -2.93. The van der Waals surface area contributed by atoms with Crippen LogP contribution >= 0.6 is 11.8 Å². The Bertz CT molecular complexity index is 1260. The fourth-order valence-corrected chi connectivity index (χ4v) is 5.93. The number of carbonyl (C=O) groups excluding carboxylic acids is 1. The molecule has 0 saturated heterocycles. The van der Waals surface area contributed by atoms with Crippen LogP contribution in [0.2, 0.25) is 0 Å². The molecule has 1 N–H and O–H groups in total. The molecule has 0 atom stereocenters. The van der Waals surface area contributed by atoms with E-state index in [-0.39, 0.29) is 17.3 Å². The number of aryl methyl sites for hydroxylation is 3. The minimum absolute atomic E-state index is 0.110. The van der Waals surface area contributed by atoms with E-state index in [0.717, 1.165) is 40.5 Å². The van der Waals surface area contributed by atoms with E-state index in [4.69, 9.17) is 10.5 Å². The Kier molecular flexibility index (Phi) is 5.60. The first-order valence-electron chi connectivity index (χ1n) is 11.6. The van der Waals surface area contributed by atoms with Gasteiger partial charge in [0.2, 0.25) is 5.17 Å². The Morgan fingerprint density at radius 2 is 1.82 bits per heavy atom. The Balaban J connectivity index is 1.48. The van der Waals surface area contributed by atoms with Crippen molar-refractivity contribution in [2.75, 3.05) is 0 Å². The highest BCUT2D eigenvalue weighted by molar-refractivity contribution is 8.27. The quantitative estimate of drug-likeness (QED) is 0.580. The summed E-state index contributed by atoms with van der Waals surface area (Å²) in [5.41, 5.74) is 6.91. The number of amides is 1. The molecule has 7 heteroatoms. The lowest BCUT2D eigenvalue weighted by molar-refractivity contribution is -0.114. The summed E-state index contributed by atoms with van der Waals surface area (Å²) in [5, 5.41) is 16.5. The molecule has 170 valence electrons. The number of amidine groups is 2. The topological polar surface area (TPSA) is 73.8 Å². The molecule has 33 heavy (non-hydrogen) atoms. The van der Waals surface area contributed by atoms with Crippen molar-refractivity contribution >= 4 is 39.8 Å². The molecule has 3 heterocycles. The van der Waals surface area contributed by atoms with Crippen LogP contribution in [0.15, 0.2) is 39.9 Å². The van der Waals surface area contributed by atoms with Crippen LogP contribution in [0.5, 0.6) is 0 Å². The number of aliphatic imine (C=N–C) groups is 1. The van der Waals surface area contributed by atoms with Gasteiger partial charge in [-0.25, -0.2) is 0 Å². The van der Waals surface area contributed by atoms with E-state index in [1.54, 1.807) is 11.1 Å². The third kappa shape index (κ3) is 3.88. The number of carbonyl (C=O) groups is 1. The van der Waals surface area contributed by atoms with Crippen molar-refractivity contribution in [3.63, 3.8) is 0 Å². The van der Waals surface area contributed by atoms with Gasteiger partial charge in [0.15, 0.2) is 5.84 Å². The maximum atomic E-state index is 12.9. The van der Waals surface area contributed by atoms with Gasteiger partial charge in [-0.2, -0.15) is 15.1 Å². The van der Waals surface area contributed by atoms with Crippen LogP contribution in [0.25, 0.3) is 11.8 Å². The lowest BCUT2D eigenvalue weighted by atomic mass is 9.90. The largest absolute Gasteiger partial charge is 0.318 e. The third-order valence-electron chi connectivity index (χ3n) is 6.94. The lowest BCUT2D eigenvalue weighted by Gasteiger charge is -2.20. The van der Waals surface area contributed by atoms with Crippen molar-refractivity contribution in [2.45, 2.75) is 59.8 Å². The van der Waals surface area contributed by atoms with Crippen molar-refractivity contribution in [3.05, 3.63) is 57.9 Å². The first kappa shape index (κ1) is 21.9. The van der Waals surface area contributed by atoms with E-state index < -0.39 is 0 Å². The number of hydrazone groups is 1. The first-order chi connectivity index (χ1) is 15.8. The van der Waals surface area contributed by atoms with Gasteiger partial charge in [-0.1, -0.05) is 25.3 Å². The summed E-state index contributed by atoms with van der Waals surface area (Å²) in [6, 6.07) is 8.49. The molecule has 6 nitrogen and oxygen atoms in total. The van der Waals surface area contributed by atoms with Crippen molar-refractivity contribution in [1.82, 2.24) is 9.58 Å². The van der Waals surface area contributed by atoms with E-state index >= 15 is 0 Å². The zero-order valence-corrected chi connectivity index (χ0v) is 20.4. The fraction of sp³-hybridized carbons (Fsp3) is 0.385. The van der Waals surface area contributed by atoms with Gasteiger partial charge in [0.1, 0.15) is 5.04 Å². The summed E-state index contributed by atoms with van der Waals surface area (Å²) in [5.74, 6) is 0.165. The van der Waals surface area contributed by atoms with E-state index in [9.17, 15) is 4.79 Å². The average Bonchev–Trinajstić information content (AvgIpc) is 3.34. The van der Waals surface area contributed by atoms with Crippen LogP contribution in [-0.2, 0) is 4.79 Å². The molecule has 0 spiro atoms. The average molecular weight is 460 g/mol. The molecule has 2 aromatic rings. The van der Waals surface area contributed by atoms with Gasteiger partial charge in [0.25, 0.3) is 5.91 Å². The maximum Gasteiger partial charge on any atom is 0.283 e. The van der Waals surface area contributed by atoms with E-state index in [1.165, 1.54) is 42.2 Å². The zero-order chi connectivity index (χ0) is 23.3. The summed E-state index contributed by atoms with van der Waals surface area (Å²) in [7, 11) is 0. The van der Waals surface area contributed by atoms with Crippen molar-refractivity contribution in [3.8, 4) is 5.69 Å². The predicted octanol–water partition coefficient (Wildman–Crippen LogP) is 5.91. The molecule has 1 aliphatic carbocycles. The fourth-order valence-electron chi connectivity index (χ4n) is 4.87. The zero-order valence-electron chi connectivity index (χ0n) is 19.6. The van der Waals surface area contributed by atoms with Crippen molar-refractivity contribution in [2.24, 2.45) is 16.0 Å². The SMILES string of the molecule is Cc1ccc(-n2c(C)cc(/C=C3\C(=N)N4N=C(C5CCCCC5)SC4=NC3=O)c2C)cc1C. The van der Waals surface area contributed by atoms with Gasteiger partial charge in [0, 0.05) is 23.0 Å². The molecule has 1 aromatic heterocycles. The van der Waals surface area contributed by atoms with Crippen LogP contribution in [0.3, 0.4) is 0 Å². The predicted molar refractivity (Wildman–Crippen MR) is 136 cm³/mol. The van der Waals surface area contributed by atoms with Crippen LogP contribution in [0, 0.1) is 39.0 Å². The summed E-state index contributed by atoms with van der Waals surface area (Å²) in [6.45, 7) is 8.33. The second-order valence-electron chi connectivity index (χ2n) is 9.22. The first-order valence-corrected chi connectivity index (χ1v) is 12.4.